The molecule has 1 amide bonds. The van der Waals surface area contributed by atoms with E-state index in [1.165, 1.54) is 30.8 Å². The van der Waals surface area contributed by atoms with Crippen molar-refractivity contribution in [2.75, 3.05) is 38.3 Å². The van der Waals surface area contributed by atoms with E-state index >= 15 is 0 Å². The number of rotatable bonds is 6. The molecule has 44 heavy (non-hydrogen) atoms. The number of nitrogens with one attached hydrogen (secondary N) is 3. The number of aliphatic hydroxyl groups excluding tert-OH is 1. The monoisotopic (exact) mass is 655 g/mol. The lowest BCUT2D eigenvalue weighted by Crippen LogP contribution is -2.29. The maximum atomic E-state index is 11.8. The van der Waals surface area contributed by atoms with Gasteiger partial charge in [0.2, 0.25) is 16.3 Å². The number of anilines is 1. The van der Waals surface area contributed by atoms with E-state index in [4.69, 9.17) is 23.2 Å². The van der Waals surface area contributed by atoms with Crippen LogP contribution < -0.4 is 10.0 Å². The quantitative estimate of drug-likeness (QED) is 0.228. The molecule has 232 valence electrons. The zero-order valence-corrected chi connectivity index (χ0v) is 26.8. The second kappa shape index (κ2) is 13.8. The summed E-state index contributed by atoms with van der Waals surface area (Å²) >= 11 is 12.2. The zero-order valence-electron chi connectivity index (χ0n) is 24.5. The first-order valence-corrected chi connectivity index (χ1v) is 16.8. The lowest BCUT2D eigenvalue weighted by Gasteiger charge is -2.28. The van der Waals surface area contributed by atoms with Crippen LogP contribution in [0.3, 0.4) is 0 Å². The van der Waals surface area contributed by atoms with Crippen LogP contribution in [0, 0.1) is 0 Å². The first kappa shape index (κ1) is 32.2. The van der Waals surface area contributed by atoms with Crippen LogP contribution in [0.4, 0.5) is 5.69 Å². The number of aromatic amines is 1. The number of aliphatic imine (C=N–C) groups is 1. The lowest BCUT2D eigenvalue weighted by molar-refractivity contribution is -0.123. The van der Waals surface area contributed by atoms with Crippen molar-refractivity contribution in [1.29, 1.82) is 0 Å². The van der Waals surface area contributed by atoms with Gasteiger partial charge in [0.25, 0.3) is 5.91 Å². The molecule has 0 radical (unpaired) electrons. The third-order valence-corrected chi connectivity index (χ3v) is 9.94. The Morgan fingerprint density at radius 3 is 2.52 bits per heavy atom. The van der Waals surface area contributed by atoms with E-state index in [2.05, 4.69) is 50.3 Å². The molecular weight excluding hydrogens is 621 g/mol. The van der Waals surface area contributed by atoms with E-state index in [1.54, 1.807) is 42.5 Å². The van der Waals surface area contributed by atoms with Gasteiger partial charge in [-0.3, -0.25) is 4.79 Å². The lowest BCUT2D eigenvalue weighted by atomic mass is 9.89. The molecule has 2 aliphatic rings. The number of carbonyl (C=O) groups is 1. The van der Waals surface area contributed by atoms with E-state index in [-0.39, 0.29) is 5.75 Å². The summed E-state index contributed by atoms with van der Waals surface area (Å²) in [5.41, 5.74) is 5.78. The van der Waals surface area contributed by atoms with Crippen LogP contribution >= 0.6 is 23.2 Å². The molecule has 12 heteroatoms. The summed E-state index contributed by atoms with van der Waals surface area (Å²) in [4.78, 5) is 21.6. The number of fused-ring (bicyclic) bond motifs is 2. The number of carbonyl (C=O) groups excluding carboxylic acids is 1. The highest BCUT2D eigenvalue weighted by Gasteiger charge is 2.25. The number of benzene rings is 3. The van der Waals surface area contributed by atoms with E-state index in [0.717, 1.165) is 24.2 Å². The average molecular weight is 657 g/mol. The Morgan fingerprint density at radius 1 is 1.05 bits per heavy atom. The highest BCUT2D eigenvalue weighted by molar-refractivity contribution is 7.89. The van der Waals surface area contributed by atoms with Crippen LogP contribution in [0.5, 0.6) is 0 Å². The fourth-order valence-corrected chi connectivity index (χ4v) is 6.60. The van der Waals surface area contributed by atoms with Crippen molar-refractivity contribution in [3.63, 3.8) is 0 Å². The Morgan fingerprint density at radius 2 is 1.80 bits per heavy atom. The first-order valence-electron chi connectivity index (χ1n) is 14.4. The van der Waals surface area contributed by atoms with Crippen LogP contribution in [0.1, 0.15) is 41.0 Å². The van der Waals surface area contributed by atoms with Crippen LogP contribution in [0.15, 0.2) is 71.9 Å². The molecule has 0 aliphatic carbocycles. The highest BCUT2D eigenvalue weighted by Crippen LogP contribution is 2.33. The normalized spacial score (nSPS) is 17.7. The maximum Gasteiger partial charge on any atom is 0.276 e. The van der Waals surface area contributed by atoms with Crippen molar-refractivity contribution in [3.8, 4) is 0 Å². The Bertz CT molecular complexity index is 1800. The molecule has 9 nitrogen and oxygen atoms in total. The molecule has 1 aromatic heterocycles. The van der Waals surface area contributed by atoms with Gasteiger partial charge in [-0.2, -0.15) is 0 Å². The number of hydrogen-bond donors (Lipinski definition) is 4. The van der Waals surface area contributed by atoms with Crippen molar-refractivity contribution in [2.24, 2.45) is 4.99 Å². The van der Waals surface area contributed by atoms with Gasteiger partial charge in [-0.1, -0.05) is 47.5 Å². The number of benzodiazepines with no additional fused rings is 1. The molecule has 4 N–H and O–H groups in total. The van der Waals surface area contributed by atoms with E-state index < -0.39 is 22.2 Å². The Kier molecular flexibility index (Phi) is 10.1. The molecule has 2 aliphatic heterocycles. The second-order valence-corrected chi connectivity index (χ2v) is 13.9. The highest BCUT2D eigenvalue weighted by atomic mass is 35.5. The molecule has 0 bridgehead atoms. The number of piperidine rings is 1. The second-order valence-electron chi connectivity index (χ2n) is 11.0. The third kappa shape index (κ3) is 7.51. The number of likely N-dealkylation sites (tertiary alicyclic amines) is 1. The maximum absolute atomic E-state index is 11.8. The zero-order chi connectivity index (χ0) is 31.4. The van der Waals surface area contributed by atoms with Crippen molar-refractivity contribution in [1.82, 2.24) is 14.6 Å². The summed E-state index contributed by atoms with van der Waals surface area (Å²) in [5, 5.41) is 14.7. The molecular formula is C32H35Cl2N5O4S. The van der Waals surface area contributed by atoms with Gasteiger partial charge in [0.15, 0.2) is 0 Å². The van der Waals surface area contributed by atoms with Gasteiger partial charge in [-0.25, -0.2) is 18.1 Å². The molecule has 1 atom stereocenters. The van der Waals surface area contributed by atoms with Crippen molar-refractivity contribution in [3.05, 3.63) is 99.2 Å². The summed E-state index contributed by atoms with van der Waals surface area (Å²) in [6.07, 6.45) is 3.54. The minimum absolute atomic E-state index is 0.128. The Hall–Kier alpha value is -3.25. The average Bonchev–Trinajstić information content (AvgIpc) is 3.39. The van der Waals surface area contributed by atoms with Crippen LogP contribution in [0.2, 0.25) is 10.0 Å². The summed E-state index contributed by atoms with van der Waals surface area (Å²) in [7, 11) is 0.476. The Labute approximate surface area is 267 Å². The van der Waals surface area contributed by atoms with Gasteiger partial charge < -0.3 is 20.3 Å². The summed E-state index contributed by atoms with van der Waals surface area (Å²) in [6.45, 7) is 2.27. The number of nitrogens with zero attached hydrogens (tertiary/aromatic N) is 2. The van der Waals surface area contributed by atoms with Crippen molar-refractivity contribution in [2.45, 2.75) is 31.4 Å². The van der Waals surface area contributed by atoms with E-state index in [0.29, 0.717) is 44.9 Å². The molecule has 1 saturated heterocycles. The number of hydrogen-bond acceptors (Lipinski definition) is 6. The molecule has 0 saturated carbocycles. The molecule has 3 heterocycles. The van der Waals surface area contributed by atoms with Gasteiger partial charge in [0.05, 0.1) is 17.2 Å². The topological polar surface area (TPSA) is 127 Å². The van der Waals surface area contributed by atoms with Gasteiger partial charge >= 0.3 is 0 Å². The molecule has 3 aromatic carbocycles. The third-order valence-electron chi connectivity index (χ3n) is 8.02. The number of sulfonamides is 1. The van der Waals surface area contributed by atoms with Crippen LogP contribution in [-0.4, -0.2) is 74.2 Å². The van der Waals surface area contributed by atoms with Gasteiger partial charge in [0, 0.05) is 38.3 Å². The van der Waals surface area contributed by atoms with E-state index in [1.807, 2.05) is 6.07 Å². The summed E-state index contributed by atoms with van der Waals surface area (Å²) in [5.74, 6) is 0.125. The molecule has 4 aromatic rings. The number of halogens is 2. The van der Waals surface area contributed by atoms with E-state index in [9.17, 15) is 18.3 Å². The standard InChI is InChI=1S/C17H25N3O2S.C15H10Cl2N2O2/c1-18-23(21,22)10-7-13-3-4-17-15(11-13)16(12-19-17)14-5-8-20(2)9-6-14;16-8-5-6-12-10(7-8)13(19-15(21)14(20)18-12)9-3-1-2-4-11(9)17/h3-4,11-12,14,18-19H,5-10H2,1-2H3;1-7,15,21H,(H,18,20). The molecule has 1 unspecified atom stereocenters. The number of aliphatic hydroxyl groups is 1. The summed E-state index contributed by atoms with van der Waals surface area (Å²) in [6, 6.07) is 18.3. The Balaban J connectivity index is 0.000000175. The van der Waals surface area contributed by atoms with Crippen LogP contribution in [0.25, 0.3) is 10.9 Å². The predicted octanol–water partition coefficient (Wildman–Crippen LogP) is 5.17. The molecule has 0 spiro atoms. The predicted molar refractivity (Wildman–Crippen MR) is 178 cm³/mol. The van der Waals surface area contributed by atoms with Gasteiger partial charge in [-0.15, -0.1) is 0 Å². The first-order chi connectivity index (χ1) is 21.0. The fourth-order valence-electron chi connectivity index (χ4n) is 5.49. The largest absolute Gasteiger partial charge is 0.364 e. The summed E-state index contributed by atoms with van der Waals surface area (Å²) < 4.78 is 25.6. The minimum atomic E-state index is -3.16. The van der Waals surface area contributed by atoms with Gasteiger partial charge in [0.1, 0.15) is 0 Å². The van der Waals surface area contributed by atoms with Crippen molar-refractivity contribution < 1.29 is 18.3 Å². The number of aromatic nitrogens is 1. The smallest absolute Gasteiger partial charge is 0.276 e. The SMILES string of the molecule is CNS(=O)(=O)CCc1ccc2[nH]cc(C3CCN(C)CC3)c2c1.O=C1Nc2ccc(Cl)cc2C(c2ccccc2Cl)=NC1O. The number of H-pyrrole nitrogens is 1. The molecule has 6 rings (SSSR count). The van der Waals surface area contributed by atoms with Crippen LogP contribution in [-0.2, 0) is 21.2 Å². The fraction of sp³-hybridized carbons (Fsp3) is 0.312. The minimum Gasteiger partial charge on any atom is -0.364 e. The number of aryl methyl sites for hydroxylation is 1. The van der Waals surface area contributed by atoms with Crippen molar-refractivity contribution >= 4 is 61.4 Å². The van der Waals surface area contributed by atoms with Gasteiger partial charge in [-0.05, 0) is 99.9 Å². The molecule has 1 fully saturated rings. The number of amides is 1.